The predicted molar refractivity (Wildman–Crippen MR) is 69.4 cm³/mol. The second-order valence-electron chi connectivity index (χ2n) is 4.40. The maximum absolute atomic E-state index is 13.9. The van der Waals surface area contributed by atoms with Crippen LogP contribution in [0.3, 0.4) is 0 Å². The molecule has 0 amide bonds. The maximum Gasteiger partial charge on any atom is 0.130 e. The lowest BCUT2D eigenvalue weighted by Crippen LogP contribution is -2.26. The van der Waals surface area contributed by atoms with Crippen LogP contribution in [0, 0.1) is 5.82 Å². The predicted octanol–water partition coefficient (Wildman–Crippen LogP) is 3.55. The van der Waals surface area contributed by atoms with E-state index in [0.717, 1.165) is 23.0 Å². The molecule has 17 heavy (non-hydrogen) atoms. The minimum Gasteiger partial charge on any atom is -0.380 e. The average molecular weight is 302 g/mol. The molecule has 4 heteroatoms. The Labute approximate surface area is 110 Å². The highest BCUT2D eigenvalue weighted by Gasteiger charge is 2.18. The summed E-state index contributed by atoms with van der Waals surface area (Å²) >= 11 is 3.42. The van der Waals surface area contributed by atoms with Crippen LogP contribution < -0.4 is 5.32 Å². The normalized spacial score (nSPS) is 20.5. The van der Waals surface area contributed by atoms with Crippen LogP contribution in [0.4, 0.5) is 4.39 Å². The lowest BCUT2D eigenvalue weighted by molar-refractivity contribution is 0.180. The SMILES string of the molecule is COCc1c(F)cc(C2CCCCN2)cc1Br. The van der Waals surface area contributed by atoms with Crippen LogP contribution in [0.1, 0.15) is 36.4 Å². The molecule has 0 aliphatic carbocycles. The topological polar surface area (TPSA) is 21.3 Å². The molecule has 1 N–H and O–H groups in total. The summed E-state index contributed by atoms with van der Waals surface area (Å²) in [6, 6.07) is 3.91. The molecule has 2 rings (SSSR count). The number of hydrogen-bond acceptors (Lipinski definition) is 2. The van der Waals surface area contributed by atoms with E-state index < -0.39 is 0 Å². The van der Waals surface area contributed by atoms with Crippen molar-refractivity contribution in [2.75, 3.05) is 13.7 Å². The van der Waals surface area contributed by atoms with Crippen LogP contribution in [0.25, 0.3) is 0 Å². The first kappa shape index (κ1) is 13.0. The van der Waals surface area contributed by atoms with Crippen molar-refractivity contribution in [1.82, 2.24) is 5.32 Å². The minimum atomic E-state index is -0.191. The summed E-state index contributed by atoms with van der Waals surface area (Å²) in [7, 11) is 1.57. The van der Waals surface area contributed by atoms with Crippen molar-refractivity contribution >= 4 is 15.9 Å². The number of halogens is 2. The largest absolute Gasteiger partial charge is 0.380 e. The lowest BCUT2D eigenvalue weighted by Gasteiger charge is -2.24. The Morgan fingerprint density at radius 1 is 1.47 bits per heavy atom. The van der Waals surface area contributed by atoms with E-state index in [1.54, 1.807) is 13.2 Å². The molecule has 1 aromatic carbocycles. The van der Waals surface area contributed by atoms with E-state index in [-0.39, 0.29) is 11.9 Å². The van der Waals surface area contributed by atoms with Crippen LogP contribution in [0.5, 0.6) is 0 Å². The standard InChI is InChI=1S/C13H17BrFNO/c1-17-8-10-11(14)6-9(7-12(10)15)13-4-2-3-5-16-13/h6-7,13,16H,2-5,8H2,1H3. The van der Waals surface area contributed by atoms with Gasteiger partial charge in [0.2, 0.25) is 0 Å². The lowest BCUT2D eigenvalue weighted by atomic mass is 9.96. The van der Waals surface area contributed by atoms with Gasteiger partial charge in [0.15, 0.2) is 0 Å². The number of ether oxygens (including phenoxy) is 1. The Kier molecular flexibility index (Phi) is 4.54. The molecule has 1 aliphatic rings. The molecule has 1 aliphatic heterocycles. The van der Waals surface area contributed by atoms with Gasteiger partial charge in [0, 0.05) is 23.2 Å². The summed E-state index contributed by atoms with van der Waals surface area (Å²) in [5.74, 6) is -0.191. The Balaban J connectivity index is 2.24. The van der Waals surface area contributed by atoms with Gasteiger partial charge in [-0.25, -0.2) is 4.39 Å². The van der Waals surface area contributed by atoms with Gasteiger partial charge in [-0.05, 0) is 37.1 Å². The Hall–Kier alpha value is -0.450. The average Bonchev–Trinajstić information content (AvgIpc) is 2.35. The summed E-state index contributed by atoms with van der Waals surface area (Å²) in [6.07, 6.45) is 3.49. The molecule has 0 spiro atoms. The van der Waals surface area contributed by atoms with Crippen LogP contribution in [-0.4, -0.2) is 13.7 Å². The third-order valence-corrected chi connectivity index (χ3v) is 3.87. The van der Waals surface area contributed by atoms with Gasteiger partial charge in [-0.1, -0.05) is 22.4 Å². The van der Waals surface area contributed by atoms with Gasteiger partial charge in [0.1, 0.15) is 5.82 Å². The summed E-state index contributed by atoms with van der Waals surface area (Å²) in [5.41, 5.74) is 1.61. The summed E-state index contributed by atoms with van der Waals surface area (Å²) < 4.78 is 19.7. The molecule has 1 aromatic rings. The van der Waals surface area contributed by atoms with E-state index in [1.807, 2.05) is 6.07 Å². The van der Waals surface area contributed by atoms with Crippen molar-refractivity contribution < 1.29 is 9.13 Å². The molecular formula is C13H17BrFNO. The Morgan fingerprint density at radius 2 is 2.29 bits per heavy atom. The second kappa shape index (κ2) is 5.94. The first-order valence-electron chi connectivity index (χ1n) is 5.92. The van der Waals surface area contributed by atoms with Crippen molar-refractivity contribution in [2.45, 2.75) is 31.9 Å². The van der Waals surface area contributed by atoms with Gasteiger partial charge in [0.05, 0.1) is 6.61 Å². The van der Waals surface area contributed by atoms with E-state index in [2.05, 4.69) is 21.2 Å². The van der Waals surface area contributed by atoms with Gasteiger partial charge in [0.25, 0.3) is 0 Å². The van der Waals surface area contributed by atoms with Gasteiger partial charge in [-0.15, -0.1) is 0 Å². The third-order valence-electron chi connectivity index (χ3n) is 3.16. The molecule has 0 radical (unpaired) electrons. The highest BCUT2D eigenvalue weighted by molar-refractivity contribution is 9.10. The Bertz CT molecular complexity index is 368. The van der Waals surface area contributed by atoms with Crippen molar-refractivity contribution in [1.29, 1.82) is 0 Å². The molecule has 2 nitrogen and oxygen atoms in total. The molecule has 0 saturated carbocycles. The fraction of sp³-hybridized carbons (Fsp3) is 0.538. The second-order valence-corrected chi connectivity index (χ2v) is 5.25. The number of benzene rings is 1. The van der Waals surface area contributed by atoms with Crippen molar-refractivity contribution in [3.05, 3.63) is 33.5 Å². The monoisotopic (exact) mass is 301 g/mol. The molecule has 94 valence electrons. The first-order chi connectivity index (χ1) is 8.22. The zero-order valence-corrected chi connectivity index (χ0v) is 11.5. The first-order valence-corrected chi connectivity index (χ1v) is 6.72. The number of methoxy groups -OCH3 is 1. The number of nitrogens with one attached hydrogen (secondary N) is 1. The molecule has 0 bridgehead atoms. The van der Waals surface area contributed by atoms with Gasteiger partial charge in [-0.3, -0.25) is 0 Å². The van der Waals surface area contributed by atoms with E-state index in [0.29, 0.717) is 12.2 Å². The zero-order chi connectivity index (χ0) is 12.3. The van der Waals surface area contributed by atoms with Crippen molar-refractivity contribution in [2.24, 2.45) is 0 Å². The van der Waals surface area contributed by atoms with Gasteiger partial charge in [-0.2, -0.15) is 0 Å². The summed E-state index contributed by atoms with van der Waals surface area (Å²) in [4.78, 5) is 0. The summed E-state index contributed by atoms with van der Waals surface area (Å²) in [5, 5.41) is 3.42. The highest BCUT2D eigenvalue weighted by atomic mass is 79.9. The van der Waals surface area contributed by atoms with E-state index in [9.17, 15) is 4.39 Å². The maximum atomic E-state index is 13.9. The third kappa shape index (κ3) is 3.06. The van der Waals surface area contributed by atoms with Crippen LogP contribution >= 0.6 is 15.9 Å². The Morgan fingerprint density at radius 3 is 2.88 bits per heavy atom. The minimum absolute atomic E-state index is 0.191. The number of piperidine rings is 1. The van der Waals surface area contributed by atoms with Crippen LogP contribution in [0.2, 0.25) is 0 Å². The summed E-state index contributed by atoms with van der Waals surface area (Å²) in [6.45, 7) is 1.31. The van der Waals surface area contributed by atoms with E-state index in [1.165, 1.54) is 12.8 Å². The molecule has 1 unspecified atom stereocenters. The number of rotatable bonds is 3. The molecular weight excluding hydrogens is 285 g/mol. The quantitative estimate of drug-likeness (QED) is 0.922. The van der Waals surface area contributed by atoms with Crippen LogP contribution in [-0.2, 0) is 11.3 Å². The molecule has 1 saturated heterocycles. The fourth-order valence-electron chi connectivity index (χ4n) is 2.24. The molecule has 1 fully saturated rings. The molecule has 1 heterocycles. The fourth-order valence-corrected chi connectivity index (χ4v) is 2.81. The van der Waals surface area contributed by atoms with E-state index in [4.69, 9.17) is 4.74 Å². The van der Waals surface area contributed by atoms with E-state index >= 15 is 0 Å². The van der Waals surface area contributed by atoms with Gasteiger partial charge >= 0.3 is 0 Å². The molecule has 0 aromatic heterocycles. The highest BCUT2D eigenvalue weighted by Crippen LogP contribution is 2.29. The molecule has 1 atom stereocenters. The van der Waals surface area contributed by atoms with Crippen molar-refractivity contribution in [3.8, 4) is 0 Å². The van der Waals surface area contributed by atoms with Crippen LogP contribution in [0.15, 0.2) is 16.6 Å². The van der Waals surface area contributed by atoms with Gasteiger partial charge < -0.3 is 10.1 Å². The van der Waals surface area contributed by atoms with Crippen molar-refractivity contribution in [3.63, 3.8) is 0 Å². The zero-order valence-electron chi connectivity index (χ0n) is 9.93. The smallest absolute Gasteiger partial charge is 0.130 e. The number of hydrogen-bond donors (Lipinski definition) is 1.